The first-order chi connectivity index (χ1) is 9.43. The van der Waals surface area contributed by atoms with E-state index in [1.807, 2.05) is 0 Å². The van der Waals surface area contributed by atoms with Gasteiger partial charge in [-0.1, -0.05) is 22.0 Å². The Morgan fingerprint density at radius 2 is 2.10 bits per heavy atom. The number of rotatable bonds is 6. The van der Waals surface area contributed by atoms with Crippen LogP contribution < -0.4 is 5.32 Å². The van der Waals surface area contributed by atoms with Crippen LogP contribution in [-0.4, -0.2) is 35.6 Å². The summed E-state index contributed by atoms with van der Waals surface area (Å²) in [6, 6.07) is 5.17. The number of carbonyl (C=O) groups is 3. The lowest BCUT2D eigenvalue weighted by atomic mass is 10.1. The number of ether oxygens (including phenoxy) is 1. The molecule has 20 heavy (non-hydrogen) atoms. The third-order valence-corrected chi connectivity index (χ3v) is 2.86. The van der Waals surface area contributed by atoms with E-state index < -0.39 is 30.3 Å². The highest BCUT2D eigenvalue weighted by Crippen LogP contribution is 2.12. The van der Waals surface area contributed by atoms with Crippen molar-refractivity contribution in [2.75, 3.05) is 6.61 Å². The number of carboxylic acid groups (broad SMARTS) is 1. The number of hydrogen-bond acceptors (Lipinski definition) is 4. The molecule has 0 heterocycles. The molecule has 0 aliphatic carbocycles. The maximum absolute atomic E-state index is 11.9. The molecule has 1 aromatic carbocycles. The largest absolute Gasteiger partial charge is 0.480 e. The predicted octanol–water partition coefficient (Wildman–Crippen LogP) is 1.59. The van der Waals surface area contributed by atoms with E-state index >= 15 is 0 Å². The molecule has 0 saturated carbocycles. The summed E-state index contributed by atoms with van der Waals surface area (Å²) in [5.41, 5.74) is 0.300. The van der Waals surface area contributed by atoms with Crippen molar-refractivity contribution in [1.29, 1.82) is 0 Å². The molecule has 1 rings (SSSR count). The minimum Gasteiger partial charge on any atom is -0.480 e. The maximum Gasteiger partial charge on any atom is 0.326 e. The van der Waals surface area contributed by atoms with Crippen LogP contribution in [0, 0.1) is 0 Å². The number of esters is 1. The van der Waals surface area contributed by atoms with Gasteiger partial charge in [0, 0.05) is 10.0 Å². The average Bonchev–Trinajstić information content (AvgIpc) is 2.38. The van der Waals surface area contributed by atoms with E-state index in [0.717, 1.165) is 0 Å². The van der Waals surface area contributed by atoms with E-state index in [1.165, 1.54) is 0 Å². The van der Waals surface area contributed by atoms with Gasteiger partial charge >= 0.3 is 11.9 Å². The second kappa shape index (κ2) is 7.64. The van der Waals surface area contributed by atoms with Gasteiger partial charge in [0.2, 0.25) is 0 Å². The summed E-state index contributed by atoms with van der Waals surface area (Å²) in [4.78, 5) is 34.2. The smallest absolute Gasteiger partial charge is 0.326 e. The van der Waals surface area contributed by atoms with Crippen LogP contribution in [0.25, 0.3) is 0 Å². The monoisotopic (exact) mass is 343 g/mol. The summed E-state index contributed by atoms with van der Waals surface area (Å²) in [7, 11) is 0. The average molecular weight is 344 g/mol. The summed E-state index contributed by atoms with van der Waals surface area (Å²) in [5.74, 6) is -2.53. The number of aliphatic carboxylic acids is 1. The molecular formula is C13H14BrNO5. The van der Waals surface area contributed by atoms with E-state index in [0.29, 0.717) is 10.0 Å². The minimum atomic E-state index is -1.32. The summed E-state index contributed by atoms with van der Waals surface area (Å²) >= 11 is 3.22. The van der Waals surface area contributed by atoms with Crippen molar-refractivity contribution in [1.82, 2.24) is 5.32 Å². The molecule has 6 nitrogen and oxygen atoms in total. The Labute approximate surface area is 124 Å². The van der Waals surface area contributed by atoms with Crippen LogP contribution in [-0.2, 0) is 14.3 Å². The normalized spacial score (nSPS) is 11.5. The zero-order valence-corrected chi connectivity index (χ0v) is 12.3. The molecule has 2 N–H and O–H groups in total. The van der Waals surface area contributed by atoms with Crippen molar-refractivity contribution in [3.05, 3.63) is 34.3 Å². The molecule has 0 spiro atoms. The van der Waals surface area contributed by atoms with Gasteiger partial charge in [0.05, 0.1) is 13.0 Å². The Bertz CT molecular complexity index is 517. The van der Waals surface area contributed by atoms with Gasteiger partial charge in [-0.25, -0.2) is 4.79 Å². The lowest BCUT2D eigenvalue weighted by Gasteiger charge is -2.13. The Kier molecular flexibility index (Phi) is 6.17. The zero-order chi connectivity index (χ0) is 15.1. The Morgan fingerprint density at radius 3 is 2.65 bits per heavy atom. The maximum atomic E-state index is 11.9. The molecule has 1 atom stereocenters. The van der Waals surface area contributed by atoms with Gasteiger partial charge in [-0.3, -0.25) is 9.59 Å². The first-order valence-electron chi connectivity index (χ1n) is 5.89. The second-order valence-electron chi connectivity index (χ2n) is 3.88. The molecule has 0 bridgehead atoms. The molecule has 0 aromatic heterocycles. The minimum absolute atomic E-state index is 0.157. The number of amides is 1. The highest BCUT2D eigenvalue weighted by molar-refractivity contribution is 9.10. The molecule has 1 amide bonds. The highest BCUT2D eigenvalue weighted by atomic mass is 79.9. The fraction of sp³-hybridized carbons (Fsp3) is 0.308. The number of carboxylic acids is 1. The van der Waals surface area contributed by atoms with Gasteiger partial charge in [-0.2, -0.15) is 0 Å². The first-order valence-corrected chi connectivity index (χ1v) is 6.68. The summed E-state index contributed by atoms with van der Waals surface area (Å²) in [6.45, 7) is 1.78. The Morgan fingerprint density at radius 1 is 1.40 bits per heavy atom. The molecule has 108 valence electrons. The van der Waals surface area contributed by atoms with Crippen LogP contribution in [0.5, 0.6) is 0 Å². The number of benzene rings is 1. The lowest BCUT2D eigenvalue weighted by molar-refractivity contribution is -0.149. The van der Waals surface area contributed by atoms with Gasteiger partial charge in [-0.05, 0) is 25.1 Å². The predicted molar refractivity (Wildman–Crippen MR) is 74.3 cm³/mol. The van der Waals surface area contributed by atoms with Crippen molar-refractivity contribution >= 4 is 33.8 Å². The van der Waals surface area contributed by atoms with Crippen LogP contribution in [0.3, 0.4) is 0 Å². The van der Waals surface area contributed by atoms with Crippen molar-refractivity contribution in [3.63, 3.8) is 0 Å². The second-order valence-corrected chi connectivity index (χ2v) is 4.80. The zero-order valence-electron chi connectivity index (χ0n) is 10.8. The van der Waals surface area contributed by atoms with Gasteiger partial charge in [0.25, 0.3) is 5.91 Å². The van der Waals surface area contributed by atoms with E-state index in [4.69, 9.17) is 5.11 Å². The van der Waals surface area contributed by atoms with E-state index in [-0.39, 0.29) is 6.61 Å². The van der Waals surface area contributed by atoms with E-state index in [2.05, 4.69) is 26.0 Å². The number of hydrogen-bond donors (Lipinski definition) is 2. The topological polar surface area (TPSA) is 92.7 Å². The molecular weight excluding hydrogens is 330 g/mol. The highest BCUT2D eigenvalue weighted by Gasteiger charge is 2.24. The van der Waals surface area contributed by atoms with Crippen LogP contribution in [0.4, 0.5) is 0 Å². The molecule has 0 fully saturated rings. The third-order valence-electron chi connectivity index (χ3n) is 2.37. The van der Waals surface area contributed by atoms with Crippen molar-refractivity contribution in [2.45, 2.75) is 19.4 Å². The SMILES string of the molecule is CCOC(=O)C[C@H](NC(=O)c1cccc(Br)c1)C(=O)O. The third kappa shape index (κ3) is 5.00. The molecule has 0 aliphatic rings. The number of carbonyl (C=O) groups excluding carboxylic acids is 2. The lowest BCUT2D eigenvalue weighted by Crippen LogP contribution is -2.42. The fourth-order valence-electron chi connectivity index (χ4n) is 1.46. The standard InChI is InChI=1S/C13H14BrNO5/c1-2-20-11(16)7-10(13(18)19)15-12(17)8-4-3-5-9(14)6-8/h3-6,10H,2,7H2,1H3,(H,15,17)(H,18,19)/t10-/m0/s1. The first kappa shape index (κ1) is 16.2. The summed E-state index contributed by atoms with van der Waals surface area (Å²) < 4.78 is 5.36. The van der Waals surface area contributed by atoms with Gasteiger partial charge < -0.3 is 15.2 Å². The molecule has 0 unspecified atom stereocenters. The van der Waals surface area contributed by atoms with Crippen LogP contribution in [0.1, 0.15) is 23.7 Å². The van der Waals surface area contributed by atoms with Crippen molar-refractivity contribution in [2.24, 2.45) is 0 Å². The Balaban J connectivity index is 2.73. The van der Waals surface area contributed by atoms with Gasteiger partial charge in [0.1, 0.15) is 6.04 Å². The quantitative estimate of drug-likeness (QED) is 0.765. The van der Waals surface area contributed by atoms with Gasteiger partial charge in [-0.15, -0.1) is 0 Å². The van der Waals surface area contributed by atoms with Crippen molar-refractivity contribution in [3.8, 4) is 0 Å². The van der Waals surface area contributed by atoms with Crippen molar-refractivity contribution < 1.29 is 24.2 Å². The molecule has 1 aromatic rings. The van der Waals surface area contributed by atoms with Crippen LogP contribution in [0.15, 0.2) is 28.7 Å². The number of halogens is 1. The van der Waals surface area contributed by atoms with Crippen LogP contribution >= 0.6 is 15.9 Å². The molecule has 0 aliphatic heterocycles. The van der Waals surface area contributed by atoms with E-state index in [9.17, 15) is 14.4 Å². The summed E-state index contributed by atoms with van der Waals surface area (Å²) in [6.07, 6.45) is -0.414. The van der Waals surface area contributed by atoms with Crippen LogP contribution in [0.2, 0.25) is 0 Å². The number of nitrogens with one attached hydrogen (secondary N) is 1. The fourth-order valence-corrected chi connectivity index (χ4v) is 1.86. The van der Waals surface area contributed by atoms with Gasteiger partial charge in [0.15, 0.2) is 0 Å². The summed E-state index contributed by atoms with van der Waals surface area (Å²) in [5, 5.41) is 11.3. The molecule has 0 radical (unpaired) electrons. The molecule has 0 saturated heterocycles. The molecule has 7 heteroatoms. The Hall–Kier alpha value is -1.89. The van der Waals surface area contributed by atoms with E-state index in [1.54, 1.807) is 31.2 Å².